The number of anilines is 1. The molecule has 8 nitrogen and oxygen atoms in total. The highest BCUT2D eigenvalue weighted by atomic mass is 16.5. The largest absolute Gasteiger partial charge is 0.497 e. The minimum atomic E-state index is -0.493. The molecule has 162 valence electrons. The highest BCUT2D eigenvalue weighted by Crippen LogP contribution is 2.20. The fraction of sp³-hybridized carbons (Fsp3) is 0.409. The number of H-pyrrole nitrogens is 1. The number of Topliss-reactive ketones (excluding diaryl/α,β-unsaturated/α-hetero) is 1. The molecule has 1 amide bonds. The monoisotopic (exact) mass is 416 g/mol. The summed E-state index contributed by atoms with van der Waals surface area (Å²) in [7, 11) is 3.34. The maximum absolute atomic E-state index is 13.0. The molecule has 0 saturated heterocycles. The average molecular weight is 416 g/mol. The number of esters is 1. The molecule has 1 aromatic carbocycles. The zero-order valence-corrected chi connectivity index (χ0v) is 18.3. The van der Waals surface area contributed by atoms with Gasteiger partial charge in [0.05, 0.1) is 32.0 Å². The molecule has 3 N–H and O–H groups in total. The first-order chi connectivity index (χ1) is 14.2. The van der Waals surface area contributed by atoms with Crippen molar-refractivity contribution in [2.75, 3.05) is 32.6 Å². The molecule has 0 aliphatic heterocycles. The lowest BCUT2D eigenvalue weighted by Crippen LogP contribution is -3.14. The van der Waals surface area contributed by atoms with Gasteiger partial charge in [-0.15, -0.1) is 0 Å². The molecule has 0 radical (unpaired) electrons. The number of carbonyl (C=O) groups excluding carboxylic acids is 3. The highest BCUT2D eigenvalue weighted by Gasteiger charge is 2.30. The Bertz CT molecular complexity index is 935. The number of amides is 1. The molecule has 0 fully saturated rings. The van der Waals surface area contributed by atoms with Gasteiger partial charge in [-0.2, -0.15) is 0 Å². The quantitative estimate of drug-likeness (QED) is 0.425. The van der Waals surface area contributed by atoms with Crippen molar-refractivity contribution in [3.8, 4) is 5.75 Å². The number of methoxy groups -OCH3 is 1. The predicted octanol–water partition coefficient (Wildman–Crippen LogP) is 1.54. The van der Waals surface area contributed by atoms with Crippen LogP contribution in [0.4, 0.5) is 5.69 Å². The number of ether oxygens (including phenoxy) is 2. The number of rotatable bonds is 9. The first-order valence-corrected chi connectivity index (χ1v) is 9.86. The van der Waals surface area contributed by atoms with Crippen molar-refractivity contribution < 1.29 is 28.8 Å². The van der Waals surface area contributed by atoms with E-state index in [9.17, 15) is 14.4 Å². The number of aromatic amines is 1. The number of hydrogen-bond donors (Lipinski definition) is 3. The SMILES string of the molecule is CCOC(=O)c1c(C)[nH]c(C(=O)[C@@H](C)[NH+](C)CC(=O)Nc2cccc(OC)c2)c1C. The maximum atomic E-state index is 13.0. The summed E-state index contributed by atoms with van der Waals surface area (Å²) in [6, 6.07) is 6.58. The lowest BCUT2D eigenvalue weighted by atomic mass is 10.0. The molecule has 0 spiro atoms. The summed E-state index contributed by atoms with van der Waals surface area (Å²) in [4.78, 5) is 41.4. The molecule has 2 atom stereocenters. The molecule has 30 heavy (non-hydrogen) atoms. The van der Waals surface area contributed by atoms with Gasteiger partial charge >= 0.3 is 5.97 Å². The van der Waals surface area contributed by atoms with E-state index in [0.29, 0.717) is 34.0 Å². The molecular weight excluding hydrogens is 386 g/mol. The lowest BCUT2D eigenvalue weighted by Gasteiger charge is -2.20. The molecule has 8 heteroatoms. The van der Waals surface area contributed by atoms with Crippen molar-refractivity contribution in [1.82, 2.24) is 4.98 Å². The second-order valence-corrected chi connectivity index (χ2v) is 7.23. The summed E-state index contributed by atoms with van der Waals surface area (Å²) in [5.41, 5.74) is 2.55. The van der Waals surface area contributed by atoms with Crippen LogP contribution in [-0.4, -0.2) is 56.0 Å². The van der Waals surface area contributed by atoms with Gasteiger partial charge in [0, 0.05) is 17.4 Å². The van der Waals surface area contributed by atoms with E-state index in [0.717, 1.165) is 4.90 Å². The van der Waals surface area contributed by atoms with E-state index in [-0.39, 0.29) is 24.8 Å². The zero-order valence-electron chi connectivity index (χ0n) is 18.3. The van der Waals surface area contributed by atoms with E-state index >= 15 is 0 Å². The third kappa shape index (κ3) is 5.27. The van der Waals surface area contributed by atoms with Crippen LogP contribution in [0.3, 0.4) is 0 Å². The number of quaternary nitrogens is 1. The number of nitrogens with one attached hydrogen (secondary N) is 3. The topological polar surface area (TPSA) is 102 Å². The summed E-state index contributed by atoms with van der Waals surface area (Å²) in [6.07, 6.45) is 0. The third-order valence-electron chi connectivity index (χ3n) is 5.09. The summed E-state index contributed by atoms with van der Waals surface area (Å²) < 4.78 is 10.2. The second-order valence-electron chi connectivity index (χ2n) is 7.23. The van der Waals surface area contributed by atoms with Crippen molar-refractivity contribution in [2.24, 2.45) is 0 Å². The fourth-order valence-electron chi connectivity index (χ4n) is 3.26. The lowest BCUT2D eigenvalue weighted by molar-refractivity contribution is -0.885. The van der Waals surface area contributed by atoms with E-state index in [1.165, 1.54) is 0 Å². The summed E-state index contributed by atoms with van der Waals surface area (Å²) in [6.45, 7) is 7.32. The normalized spacial score (nSPS) is 12.7. The maximum Gasteiger partial charge on any atom is 0.340 e. The molecule has 0 saturated carbocycles. The number of aromatic nitrogens is 1. The van der Waals surface area contributed by atoms with Gasteiger partial charge in [0.15, 0.2) is 12.6 Å². The minimum Gasteiger partial charge on any atom is -0.497 e. The minimum absolute atomic E-state index is 0.105. The number of carbonyl (C=O) groups is 3. The van der Waals surface area contributed by atoms with Crippen LogP contribution in [0.15, 0.2) is 24.3 Å². The molecule has 1 unspecified atom stereocenters. The Morgan fingerprint density at radius 1 is 1.23 bits per heavy atom. The van der Waals surface area contributed by atoms with Crippen molar-refractivity contribution in [3.63, 3.8) is 0 Å². The molecule has 0 aliphatic carbocycles. The standard InChI is InChI=1S/C22H29N3O5/c1-7-30-22(28)19-13(2)20(23-14(19)3)21(27)15(4)25(5)12-18(26)24-16-9-8-10-17(11-16)29-6/h8-11,15,23H,7,12H2,1-6H3,(H,24,26)/p+1/t15-/m1/s1. The summed E-state index contributed by atoms with van der Waals surface area (Å²) in [5, 5.41) is 2.81. The summed E-state index contributed by atoms with van der Waals surface area (Å²) in [5.74, 6) is -0.189. The number of ketones is 1. The predicted molar refractivity (Wildman–Crippen MR) is 113 cm³/mol. The molecular formula is C22H30N3O5+. The molecule has 2 rings (SSSR count). The van der Waals surface area contributed by atoms with Crippen LogP contribution >= 0.6 is 0 Å². The highest BCUT2D eigenvalue weighted by molar-refractivity contribution is 6.03. The number of likely N-dealkylation sites (N-methyl/N-ethyl adjacent to an activating group) is 1. The molecule has 0 aliphatic rings. The van der Waals surface area contributed by atoms with Crippen LogP contribution in [0.1, 0.15) is 46.0 Å². The number of aryl methyl sites for hydroxylation is 1. The van der Waals surface area contributed by atoms with Gasteiger partial charge in [-0.3, -0.25) is 9.59 Å². The van der Waals surface area contributed by atoms with Crippen molar-refractivity contribution >= 4 is 23.3 Å². The van der Waals surface area contributed by atoms with Crippen molar-refractivity contribution in [1.29, 1.82) is 0 Å². The molecule has 0 bridgehead atoms. The van der Waals surface area contributed by atoms with E-state index < -0.39 is 12.0 Å². The van der Waals surface area contributed by atoms with Crippen LogP contribution < -0.4 is 15.0 Å². The second kappa shape index (κ2) is 10.1. The molecule has 2 aromatic rings. The first kappa shape index (κ1) is 23.2. The van der Waals surface area contributed by atoms with E-state index in [1.54, 1.807) is 66.1 Å². The van der Waals surface area contributed by atoms with Gasteiger partial charge < -0.3 is 24.7 Å². The third-order valence-corrected chi connectivity index (χ3v) is 5.09. The first-order valence-electron chi connectivity index (χ1n) is 9.86. The Hall–Kier alpha value is -3.13. The Morgan fingerprint density at radius 2 is 1.93 bits per heavy atom. The van der Waals surface area contributed by atoms with Crippen molar-refractivity contribution in [2.45, 2.75) is 33.7 Å². The van der Waals surface area contributed by atoms with Gasteiger partial charge in [-0.1, -0.05) is 6.07 Å². The smallest absolute Gasteiger partial charge is 0.340 e. The van der Waals surface area contributed by atoms with Crippen LogP contribution in [0.2, 0.25) is 0 Å². The van der Waals surface area contributed by atoms with Crippen LogP contribution in [0.25, 0.3) is 0 Å². The molecule has 1 aromatic heterocycles. The zero-order chi connectivity index (χ0) is 22.4. The van der Waals surface area contributed by atoms with Gasteiger partial charge in [-0.05, 0) is 45.4 Å². The van der Waals surface area contributed by atoms with Crippen LogP contribution in [-0.2, 0) is 9.53 Å². The number of benzene rings is 1. The van der Waals surface area contributed by atoms with E-state index in [2.05, 4.69) is 10.3 Å². The Kier molecular flexibility index (Phi) is 7.77. The summed E-state index contributed by atoms with van der Waals surface area (Å²) >= 11 is 0. The van der Waals surface area contributed by atoms with Crippen molar-refractivity contribution in [3.05, 3.63) is 46.8 Å². The van der Waals surface area contributed by atoms with Gasteiger partial charge in [0.25, 0.3) is 5.91 Å². The van der Waals surface area contributed by atoms with Crippen LogP contribution in [0, 0.1) is 13.8 Å². The number of hydrogen-bond acceptors (Lipinski definition) is 5. The fourth-order valence-corrected chi connectivity index (χ4v) is 3.26. The Balaban J connectivity index is 2.07. The van der Waals surface area contributed by atoms with Gasteiger partial charge in [0.1, 0.15) is 5.75 Å². The Morgan fingerprint density at radius 3 is 2.57 bits per heavy atom. The van der Waals surface area contributed by atoms with E-state index in [1.807, 2.05) is 0 Å². The van der Waals surface area contributed by atoms with E-state index in [4.69, 9.17) is 9.47 Å². The van der Waals surface area contributed by atoms with Gasteiger partial charge in [0.2, 0.25) is 5.78 Å². The van der Waals surface area contributed by atoms with Gasteiger partial charge in [-0.25, -0.2) is 4.79 Å². The molecule has 1 heterocycles. The van der Waals surface area contributed by atoms with Crippen LogP contribution in [0.5, 0.6) is 5.75 Å². The Labute approximate surface area is 176 Å². The average Bonchev–Trinajstić information content (AvgIpc) is 3.01.